The van der Waals surface area contributed by atoms with Crippen LogP contribution in [0.1, 0.15) is 5.56 Å². The highest BCUT2D eigenvalue weighted by molar-refractivity contribution is 6.30. The second-order valence-electron chi connectivity index (χ2n) is 6.60. The Morgan fingerprint density at radius 2 is 1.59 bits per heavy atom. The van der Waals surface area contributed by atoms with Crippen LogP contribution in [0, 0.1) is 5.41 Å². The van der Waals surface area contributed by atoms with Gasteiger partial charge in [0, 0.05) is 48.1 Å². The van der Waals surface area contributed by atoms with E-state index < -0.39 is 0 Å². The van der Waals surface area contributed by atoms with Crippen molar-refractivity contribution in [2.45, 2.75) is 0 Å². The quantitative estimate of drug-likeness (QED) is 0.359. The zero-order valence-electron chi connectivity index (χ0n) is 16.6. The molecular weight excluding hydrogens is 378 g/mol. The van der Waals surface area contributed by atoms with Crippen LogP contribution in [-0.2, 0) is 7.05 Å². The van der Waals surface area contributed by atoms with E-state index in [1.165, 1.54) is 28.2 Å². The predicted molar refractivity (Wildman–Crippen MR) is 127 cm³/mol. The fourth-order valence-corrected chi connectivity index (χ4v) is 3.15. The van der Waals surface area contributed by atoms with Crippen molar-refractivity contribution in [3.63, 3.8) is 0 Å². The number of aromatic nitrogens is 1. The van der Waals surface area contributed by atoms with Crippen molar-refractivity contribution in [2.24, 2.45) is 7.05 Å². The minimum Gasteiger partial charge on any atom is -0.388 e. The zero-order chi connectivity index (χ0) is 20.6. The van der Waals surface area contributed by atoms with Crippen molar-refractivity contribution in [3.8, 4) is 11.1 Å². The van der Waals surface area contributed by atoms with Gasteiger partial charge < -0.3 is 15.3 Å². The van der Waals surface area contributed by atoms with Crippen LogP contribution in [0.15, 0.2) is 85.1 Å². The Morgan fingerprint density at radius 3 is 2.24 bits per heavy atom. The Labute approximate surface area is 176 Å². The van der Waals surface area contributed by atoms with Crippen molar-refractivity contribution >= 4 is 40.5 Å². The van der Waals surface area contributed by atoms with E-state index in [-0.39, 0.29) is 0 Å². The molecule has 0 saturated heterocycles. The number of halogens is 1. The molecule has 0 atom stereocenters. The van der Waals surface area contributed by atoms with Crippen molar-refractivity contribution < 1.29 is 0 Å². The third kappa shape index (κ3) is 5.37. The fourth-order valence-electron chi connectivity index (χ4n) is 3.02. The summed E-state index contributed by atoms with van der Waals surface area (Å²) in [5.74, 6) is 0. The van der Waals surface area contributed by atoms with Gasteiger partial charge in [0.25, 0.3) is 0 Å². The first kappa shape index (κ1) is 20.4. The maximum absolute atomic E-state index is 6.99. The molecule has 1 aromatic heterocycles. The van der Waals surface area contributed by atoms with Crippen LogP contribution in [0.4, 0.5) is 5.69 Å². The van der Waals surface area contributed by atoms with Gasteiger partial charge in [0.1, 0.15) is 0 Å². The van der Waals surface area contributed by atoms with Gasteiger partial charge >= 0.3 is 0 Å². The van der Waals surface area contributed by atoms with Crippen LogP contribution in [-0.4, -0.2) is 17.8 Å². The summed E-state index contributed by atoms with van der Waals surface area (Å²) in [5, 5.41) is 12.0. The molecule has 4 aromatic rings. The summed E-state index contributed by atoms with van der Waals surface area (Å²) in [4.78, 5) is 0. The van der Waals surface area contributed by atoms with Gasteiger partial charge in [0.2, 0.25) is 0 Å². The molecule has 0 aliphatic carbocycles. The van der Waals surface area contributed by atoms with Crippen LogP contribution >= 0.6 is 11.6 Å². The summed E-state index contributed by atoms with van der Waals surface area (Å²) in [5.41, 5.74) is 5.88. The van der Waals surface area contributed by atoms with E-state index in [0.29, 0.717) is 0 Å². The molecular formula is C25H24ClN3. The topological polar surface area (TPSA) is 40.8 Å². The van der Waals surface area contributed by atoms with E-state index in [0.717, 1.165) is 16.3 Å². The number of hydrogen-bond donors (Lipinski definition) is 2. The molecule has 1 heterocycles. The largest absolute Gasteiger partial charge is 0.388 e. The number of rotatable bonds is 4. The van der Waals surface area contributed by atoms with Crippen LogP contribution in [0.2, 0.25) is 5.02 Å². The van der Waals surface area contributed by atoms with E-state index in [1.807, 2.05) is 37.4 Å². The summed E-state index contributed by atoms with van der Waals surface area (Å²) < 4.78 is 2.13. The Hall–Kier alpha value is -3.30. The average Bonchev–Trinajstić information content (AvgIpc) is 3.14. The first-order chi connectivity index (χ1) is 14.1. The second-order valence-corrected chi connectivity index (χ2v) is 7.04. The summed E-state index contributed by atoms with van der Waals surface area (Å²) in [6, 6.07) is 24.6. The molecule has 3 nitrogen and oxygen atoms in total. The van der Waals surface area contributed by atoms with Crippen LogP contribution in [0.25, 0.3) is 28.1 Å². The SMILES string of the molecule is CNc1ccc(Cl)cc1.Cn1ccc2cc(-c3ccc(/C=C/C=N)cc3)ccc21. The van der Waals surface area contributed by atoms with E-state index in [4.69, 9.17) is 17.0 Å². The lowest BCUT2D eigenvalue weighted by atomic mass is 10.0. The van der Waals surface area contributed by atoms with Crippen molar-refractivity contribution in [1.82, 2.24) is 4.57 Å². The third-order valence-electron chi connectivity index (χ3n) is 4.65. The number of anilines is 1. The molecule has 0 unspecified atom stereocenters. The highest BCUT2D eigenvalue weighted by atomic mass is 35.5. The molecule has 2 N–H and O–H groups in total. The van der Waals surface area contributed by atoms with Gasteiger partial charge in [-0.25, -0.2) is 0 Å². The number of nitrogens with zero attached hydrogens (tertiary/aromatic N) is 1. The first-order valence-electron chi connectivity index (χ1n) is 9.36. The molecule has 0 aliphatic heterocycles. The minimum atomic E-state index is 0.772. The monoisotopic (exact) mass is 401 g/mol. The third-order valence-corrected chi connectivity index (χ3v) is 4.90. The zero-order valence-corrected chi connectivity index (χ0v) is 17.3. The van der Waals surface area contributed by atoms with Gasteiger partial charge in [-0.05, 0) is 65.2 Å². The van der Waals surface area contributed by atoms with Crippen molar-refractivity contribution in [1.29, 1.82) is 5.41 Å². The summed E-state index contributed by atoms with van der Waals surface area (Å²) in [7, 11) is 3.94. The van der Waals surface area contributed by atoms with Crippen molar-refractivity contribution in [2.75, 3.05) is 12.4 Å². The smallest absolute Gasteiger partial charge is 0.0478 e. The first-order valence-corrected chi connectivity index (χ1v) is 9.74. The van der Waals surface area contributed by atoms with Gasteiger partial charge in [-0.3, -0.25) is 0 Å². The lowest BCUT2D eigenvalue weighted by Gasteiger charge is -2.04. The molecule has 0 saturated carbocycles. The molecule has 0 fully saturated rings. The maximum Gasteiger partial charge on any atom is 0.0478 e. The molecule has 146 valence electrons. The van der Waals surface area contributed by atoms with E-state index in [2.05, 4.69) is 71.7 Å². The summed E-state index contributed by atoms with van der Waals surface area (Å²) in [6.45, 7) is 0. The molecule has 0 radical (unpaired) electrons. The van der Waals surface area contributed by atoms with Crippen LogP contribution in [0.3, 0.4) is 0 Å². The number of aryl methyl sites for hydroxylation is 1. The molecule has 4 rings (SSSR count). The Kier molecular flexibility index (Phi) is 6.88. The maximum atomic E-state index is 6.99. The van der Waals surface area contributed by atoms with E-state index in [9.17, 15) is 0 Å². The van der Waals surface area contributed by atoms with Gasteiger partial charge in [-0.2, -0.15) is 0 Å². The lowest BCUT2D eigenvalue weighted by molar-refractivity contribution is 0.969. The van der Waals surface area contributed by atoms with Gasteiger partial charge in [0.05, 0.1) is 0 Å². The summed E-state index contributed by atoms with van der Waals surface area (Å²) >= 11 is 5.64. The highest BCUT2D eigenvalue weighted by Gasteiger charge is 2.02. The predicted octanol–water partition coefficient (Wildman–Crippen LogP) is 6.89. The number of allylic oxidation sites excluding steroid dienone is 1. The fraction of sp³-hybridized carbons (Fsp3) is 0.0800. The number of hydrogen-bond acceptors (Lipinski definition) is 2. The Bertz CT molecular complexity index is 1110. The molecule has 0 aliphatic rings. The van der Waals surface area contributed by atoms with E-state index >= 15 is 0 Å². The molecule has 0 amide bonds. The highest BCUT2D eigenvalue weighted by Crippen LogP contribution is 2.25. The average molecular weight is 402 g/mol. The molecule has 4 heteroatoms. The normalized spacial score (nSPS) is 10.6. The standard InChI is InChI=1S/C18H16N2.C7H8ClN/c1-20-12-10-17-13-16(8-9-18(17)20)15-6-4-14(5-7-15)3-2-11-19;1-9-7-4-2-6(8)3-5-7/h2-13,19H,1H3;2-5,9H,1H3/b3-2+,19-11?;. The van der Waals surface area contributed by atoms with Crippen LogP contribution < -0.4 is 5.32 Å². The molecule has 0 spiro atoms. The summed E-state index contributed by atoms with van der Waals surface area (Å²) in [6.07, 6.45) is 7.03. The Balaban J connectivity index is 0.000000224. The number of nitrogens with one attached hydrogen (secondary N) is 2. The molecule has 3 aromatic carbocycles. The molecule has 29 heavy (non-hydrogen) atoms. The minimum absolute atomic E-state index is 0.772. The number of benzene rings is 3. The number of fused-ring (bicyclic) bond motifs is 1. The van der Waals surface area contributed by atoms with E-state index in [1.54, 1.807) is 6.08 Å². The van der Waals surface area contributed by atoms with Gasteiger partial charge in [0.15, 0.2) is 0 Å². The van der Waals surface area contributed by atoms with Crippen LogP contribution in [0.5, 0.6) is 0 Å². The second kappa shape index (κ2) is 9.76. The van der Waals surface area contributed by atoms with Crippen molar-refractivity contribution in [3.05, 3.63) is 95.7 Å². The lowest BCUT2D eigenvalue weighted by Crippen LogP contribution is -1.84. The molecule has 0 bridgehead atoms. The Morgan fingerprint density at radius 1 is 0.897 bits per heavy atom. The van der Waals surface area contributed by atoms with Gasteiger partial charge in [-0.15, -0.1) is 0 Å². The van der Waals surface area contributed by atoms with Gasteiger partial charge in [-0.1, -0.05) is 48.0 Å².